The molecule has 7 nitrogen and oxygen atoms in total. The topological polar surface area (TPSA) is 85.8 Å². The second-order valence-electron chi connectivity index (χ2n) is 9.38. The molecule has 0 aliphatic heterocycles. The molecule has 5 aromatic rings. The normalized spacial score (nSPS) is 11.2. The Balaban J connectivity index is 1.47. The molecule has 0 spiro atoms. The van der Waals surface area contributed by atoms with Crippen LogP contribution in [0.15, 0.2) is 86.4 Å². The number of carbonyl (C=O) groups excluding carboxylic acids is 1. The van der Waals surface area contributed by atoms with Crippen LogP contribution < -0.4 is 10.5 Å². The van der Waals surface area contributed by atoms with Crippen LogP contribution in [0.3, 0.4) is 0 Å². The Morgan fingerprint density at radius 1 is 1.00 bits per heavy atom. The second kappa shape index (κ2) is 10.0. The van der Waals surface area contributed by atoms with Crippen LogP contribution in [0.4, 0.5) is 11.4 Å². The first-order valence-electron chi connectivity index (χ1n) is 12.4. The fourth-order valence-corrected chi connectivity index (χ4v) is 4.46. The smallest absolute Gasteiger partial charge is 0.349 e. The fraction of sp³-hybridized carbons (Fsp3) is 0.194. The molecule has 0 N–H and O–H groups in total. The van der Waals surface area contributed by atoms with Crippen LogP contribution in [0, 0.1) is 13.8 Å². The monoisotopic (exact) mass is 508 g/mol. The van der Waals surface area contributed by atoms with E-state index in [2.05, 4.69) is 55.4 Å². The van der Waals surface area contributed by atoms with Gasteiger partial charge in [-0.25, -0.2) is 14.6 Å². The van der Waals surface area contributed by atoms with Crippen LogP contribution in [-0.2, 0) is 16.1 Å². The van der Waals surface area contributed by atoms with E-state index in [9.17, 15) is 9.59 Å². The average molecular weight is 509 g/mol. The lowest BCUT2D eigenvalue weighted by Crippen LogP contribution is -2.17. The second-order valence-corrected chi connectivity index (χ2v) is 9.38. The molecule has 0 bridgehead atoms. The first kappa shape index (κ1) is 25.0. The van der Waals surface area contributed by atoms with Gasteiger partial charge in [-0.05, 0) is 75.2 Å². The summed E-state index contributed by atoms with van der Waals surface area (Å²) in [5.41, 5.74) is 6.73. The number of rotatable bonds is 7. The van der Waals surface area contributed by atoms with Gasteiger partial charge in [-0.3, -0.25) is 0 Å². The lowest BCUT2D eigenvalue weighted by molar-refractivity contribution is -0.140. The Hall–Kier alpha value is -4.65. The van der Waals surface area contributed by atoms with Crippen LogP contribution >= 0.6 is 0 Å². The number of fused-ring (bicyclic) bond motifs is 2. The zero-order valence-corrected chi connectivity index (χ0v) is 21.8. The van der Waals surface area contributed by atoms with Gasteiger partial charge in [0.15, 0.2) is 5.58 Å². The summed E-state index contributed by atoms with van der Waals surface area (Å²) in [6.07, 6.45) is 0. The van der Waals surface area contributed by atoms with Crippen LogP contribution in [0.2, 0.25) is 0 Å². The number of nitrogens with zero attached hydrogens (tertiary/aromatic N) is 2. The number of esters is 1. The lowest BCUT2D eigenvalue weighted by Gasteiger charge is -2.25. The van der Waals surface area contributed by atoms with Crippen molar-refractivity contribution in [1.82, 2.24) is 4.98 Å². The van der Waals surface area contributed by atoms with E-state index in [4.69, 9.17) is 13.6 Å². The van der Waals surface area contributed by atoms with Gasteiger partial charge < -0.3 is 18.5 Å². The van der Waals surface area contributed by atoms with E-state index in [0.717, 1.165) is 28.9 Å². The molecule has 0 amide bonds. The zero-order valence-electron chi connectivity index (χ0n) is 21.8. The molecule has 38 heavy (non-hydrogen) atoms. The van der Waals surface area contributed by atoms with Gasteiger partial charge in [0.05, 0.1) is 0 Å². The molecule has 0 aliphatic carbocycles. The molecule has 5 rings (SSSR count). The Kier molecular flexibility index (Phi) is 6.59. The minimum absolute atomic E-state index is 0.0784. The number of anilines is 2. The summed E-state index contributed by atoms with van der Waals surface area (Å²) in [5, 5.41) is 0.759. The number of hydrogen-bond donors (Lipinski definition) is 0. The Labute approximate surface area is 220 Å². The van der Waals surface area contributed by atoms with Crippen LogP contribution in [-0.4, -0.2) is 17.5 Å². The van der Waals surface area contributed by atoms with E-state index >= 15 is 0 Å². The van der Waals surface area contributed by atoms with E-state index < -0.39 is 11.6 Å². The summed E-state index contributed by atoms with van der Waals surface area (Å²) < 4.78 is 16.8. The van der Waals surface area contributed by atoms with Crippen molar-refractivity contribution in [2.24, 2.45) is 0 Å². The van der Waals surface area contributed by atoms with Crippen molar-refractivity contribution in [3.8, 4) is 11.5 Å². The Morgan fingerprint density at radius 2 is 1.82 bits per heavy atom. The molecule has 192 valence electrons. The van der Waals surface area contributed by atoms with Crippen molar-refractivity contribution in [2.45, 2.75) is 34.3 Å². The molecule has 0 aliphatic rings. The highest BCUT2D eigenvalue weighted by atomic mass is 16.5. The third-order valence-electron chi connectivity index (χ3n) is 6.39. The van der Waals surface area contributed by atoms with E-state index in [-0.39, 0.29) is 18.1 Å². The highest BCUT2D eigenvalue weighted by Gasteiger charge is 2.17. The summed E-state index contributed by atoms with van der Waals surface area (Å²) in [7, 11) is 0. The lowest BCUT2D eigenvalue weighted by atomic mass is 10.1. The van der Waals surface area contributed by atoms with E-state index in [1.165, 1.54) is 11.1 Å². The molecule has 0 fully saturated rings. The average Bonchev–Trinajstić information content (AvgIpc) is 3.31. The molecule has 2 aromatic heterocycles. The molecular formula is C31H28N2O5. The van der Waals surface area contributed by atoms with Gasteiger partial charge in [-0.2, -0.15) is 0 Å². The molecule has 0 unspecified atom stereocenters. The number of carbonyl (C=O) groups is 1. The summed E-state index contributed by atoms with van der Waals surface area (Å²) in [6, 6.07) is 19.2. The van der Waals surface area contributed by atoms with E-state index in [0.29, 0.717) is 22.3 Å². The summed E-state index contributed by atoms with van der Waals surface area (Å²) in [4.78, 5) is 31.3. The number of aromatic nitrogens is 1. The number of hydrogen-bond acceptors (Lipinski definition) is 7. The molecule has 0 saturated heterocycles. The van der Waals surface area contributed by atoms with Gasteiger partial charge in [-0.15, -0.1) is 0 Å². The van der Waals surface area contributed by atoms with Crippen molar-refractivity contribution in [3.05, 3.63) is 99.9 Å². The molecule has 0 radical (unpaired) electrons. The van der Waals surface area contributed by atoms with Gasteiger partial charge in [0.1, 0.15) is 23.3 Å². The van der Waals surface area contributed by atoms with Gasteiger partial charge in [-0.1, -0.05) is 30.3 Å². The molecule has 7 heteroatoms. The first-order chi connectivity index (χ1) is 18.2. The van der Waals surface area contributed by atoms with Gasteiger partial charge >= 0.3 is 11.6 Å². The van der Waals surface area contributed by atoms with Crippen molar-refractivity contribution in [2.75, 3.05) is 11.4 Å². The maximum absolute atomic E-state index is 13.0. The van der Waals surface area contributed by atoms with Crippen molar-refractivity contribution in [1.29, 1.82) is 0 Å². The molecule has 0 atom stereocenters. The standard InChI is InChI=1S/C31H28N2O5/c1-6-33(26-12-7-19(4)13-20(26)5)23-10-9-22-15-24(31(35)38-27(22)16-23)29-32-25-11-8-21(14-28(25)37-29)17-36-30(34)18(2)3/h7-16H,2,6,17H2,1,3-5H3. The van der Waals surface area contributed by atoms with E-state index in [1.807, 2.05) is 18.2 Å². The largest absolute Gasteiger partial charge is 0.457 e. The Morgan fingerprint density at radius 3 is 2.55 bits per heavy atom. The summed E-state index contributed by atoms with van der Waals surface area (Å²) in [6.45, 7) is 12.3. The van der Waals surface area contributed by atoms with Crippen LogP contribution in [0.5, 0.6) is 0 Å². The van der Waals surface area contributed by atoms with E-state index in [1.54, 1.807) is 31.2 Å². The number of oxazole rings is 1. The highest BCUT2D eigenvalue weighted by Crippen LogP contribution is 2.32. The molecular weight excluding hydrogens is 480 g/mol. The van der Waals surface area contributed by atoms with Gasteiger partial charge in [0, 0.05) is 34.9 Å². The minimum atomic E-state index is -0.536. The third kappa shape index (κ3) is 4.83. The first-order valence-corrected chi connectivity index (χ1v) is 12.4. The minimum Gasteiger partial charge on any atom is -0.457 e. The van der Waals surface area contributed by atoms with Crippen LogP contribution in [0.1, 0.15) is 30.5 Å². The quantitative estimate of drug-likeness (QED) is 0.133. The van der Waals surface area contributed by atoms with Crippen molar-refractivity contribution >= 4 is 39.4 Å². The summed E-state index contributed by atoms with van der Waals surface area (Å²) in [5.74, 6) is -0.294. The van der Waals surface area contributed by atoms with Gasteiger partial charge in [0.2, 0.25) is 5.89 Å². The predicted molar refractivity (Wildman–Crippen MR) is 149 cm³/mol. The maximum Gasteiger partial charge on any atom is 0.349 e. The molecule has 0 saturated carbocycles. The molecule has 3 aromatic carbocycles. The Bertz CT molecular complexity index is 1760. The van der Waals surface area contributed by atoms with Gasteiger partial charge in [0.25, 0.3) is 0 Å². The highest BCUT2D eigenvalue weighted by molar-refractivity contribution is 5.87. The number of benzene rings is 3. The predicted octanol–water partition coefficient (Wildman–Crippen LogP) is 7.00. The number of aryl methyl sites for hydroxylation is 2. The SMILES string of the molecule is C=C(C)C(=O)OCc1ccc2nc(-c3cc4ccc(N(CC)c5ccc(C)cc5C)cc4oc3=O)oc2c1. The summed E-state index contributed by atoms with van der Waals surface area (Å²) >= 11 is 0. The maximum atomic E-state index is 13.0. The van der Waals surface area contributed by atoms with Crippen LogP contribution in [0.25, 0.3) is 33.5 Å². The number of ether oxygens (including phenoxy) is 1. The van der Waals surface area contributed by atoms with Crippen molar-refractivity contribution in [3.63, 3.8) is 0 Å². The third-order valence-corrected chi connectivity index (χ3v) is 6.39. The fourth-order valence-electron chi connectivity index (χ4n) is 4.46. The zero-order chi connectivity index (χ0) is 27.0. The van der Waals surface area contributed by atoms with Crippen molar-refractivity contribution < 1.29 is 18.4 Å². The molecule has 2 heterocycles.